The second-order valence-corrected chi connectivity index (χ2v) is 19.5. The van der Waals surface area contributed by atoms with Crippen LogP contribution in [0.5, 0.6) is 0 Å². The molecule has 5 heterocycles. The first-order valence-electron chi connectivity index (χ1n) is 24.8. The third-order valence-electron chi connectivity index (χ3n) is 15.9. The molecule has 0 fully saturated rings. The minimum Gasteiger partial charge on any atom is -0.309 e. The molecule has 0 aliphatic carbocycles. The van der Waals surface area contributed by atoms with Gasteiger partial charge in [0.05, 0.1) is 44.1 Å². The summed E-state index contributed by atoms with van der Waals surface area (Å²) in [6, 6.07) is 85.8. The molecular formula is C68H43N3. The second kappa shape index (κ2) is 14.4. The molecule has 0 saturated carbocycles. The van der Waals surface area contributed by atoms with E-state index >= 15 is 0 Å². The lowest BCUT2D eigenvalue weighted by atomic mass is 9.88. The van der Waals surface area contributed by atoms with Crippen molar-refractivity contribution in [3.05, 3.63) is 247 Å². The van der Waals surface area contributed by atoms with Gasteiger partial charge < -0.3 is 13.4 Å². The van der Waals surface area contributed by atoms with Gasteiger partial charge in [-0.05, 0) is 82.6 Å². The lowest BCUT2D eigenvalue weighted by Crippen LogP contribution is -1.95. The van der Waals surface area contributed by atoms with E-state index in [-0.39, 0.29) is 0 Å². The molecule has 0 amide bonds. The van der Waals surface area contributed by atoms with E-state index in [1.54, 1.807) is 0 Å². The number of hydrogen-bond donors (Lipinski definition) is 0. The van der Waals surface area contributed by atoms with Crippen molar-refractivity contribution in [2.45, 2.75) is 13.3 Å². The maximum Gasteiger partial charge on any atom is 0.0641 e. The van der Waals surface area contributed by atoms with E-state index in [0.29, 0.717) is 0 Å². The van der Waals surface area contributed by atoms with E-state index in [0.717, 1.165) is 12.1 Å². The summed E-state index contributed by atoms with van der Waals surface area (Å²) in [4.78, 5) is 0. The van der Waals surface area contributed by atoms with Crippen LogP contribution in [0.4, 0.5) is 0 Å². The van der Waals surface area contributed by atoms with E-state index in [2.05, 4.69) is 251 Å². The van der Waals surface area contributed by atoms with Crippen molar-refractivity contribution in [3.8, 4) is 39.1 Å². The van der Waals surface area contributed by atoms with Gasteiger partial charge >= 0.3 is 0 Å². The zero-order chi connectivity index (χ0) is 46.5. The third-order valence-corrected chi connectivity index (χ3v) is 15.9. The molecule has 16 rings (SSSR count). The molecule has 0 radical (unpaired) electrons. The predicted molar refractivity (Wildman–Crippen MR) is 300 cm³/mol. The molecule has 0 bridgehead atoms. The molecule has 0 aliphatic rings. The van der Waals surface area contributed by atoms with Crippen molar-refractivity contribution >= 4 is 98.0 Å². The van der Waals surface area contributed by atoms with E-state index in [9.17, 15) is 0 Å². The first-order chi connectivity index (χ1) is 35.2. The molecule has 71 heavy (non-hydrogen) atoms. The number of rotatable bonds is 6. The highest BCUT2D eigenvalue weighted by Crippen LogP contribution is 2.55. The topological polar surface area (TPSA) is 13.8 Å². The van der Waals surface area contributed by atoms with Gasteiger partial charge in [-0.3, -0.25) is 0 Å². The minimum atomic E-state index is 0.883. The lowest BCUT2D eigenvalue weighted by molar-refractivity contribution is 1.19. The Kier molecular flexibility index (Phi) is 7.87. The Bertz CT molecular complexity index is 4810. The van der Waals surface area contributed by atoms with Gasteiger partial charge in [-0.2, -0.15) is 0 Å². The number of nitrogens with zero attached hydrogens (tertiary/aromatic N) is 3. The molecule has 0 spiro atoms. The largest absolute Gasteiger partial charge is 0.309 e. The fourth-order valence-corrected chi connectivity index (χ4v) is 13.2. The van der Waals surface area contributed by atoms with E-state index in [4.69, 9.17) is 0 Å². The van der Waals surface area contributed by atoms with Gasteiger partial charge in [0.2, 0.25) is 0 Å². The van der Waals surface area contributed by atoms with Crippen LogP contribution in [0.1, 0.15) is 16.7 Å². The van der Waals surface area contributed by atoms with Crippen LogP contribution in [0.3, 0.4) is 0 Å². The summed E-state index contributed by atoms with van der Waals surface area (Å²) < 4.78 is 7.79. The van der Waals surface area contributed by atoms with Gasteiger partial charge in [0.25, 0.3) is 0 Å². The first-order valence-corrected chi connectivity index (χ1v) is 24.8. The van der Waals surface area contributed by atoms with E-state index in [1.807, 2.05) is 0 Å². The molecule has 330 valence electrons. The monoisotopic (exact) mass is 901 g/mol. The minimum absolute atomic E-state index is 0.883. The van der Waals surface area contributed by atoms with Crippen molar-refractivity contribution in [2.75, 3.05) is 0 Å². The van der Waals surface area contributed by atoms with Crippen molar-refractivity contribution in [3.63, 3.8) is 0 Å². The summed E-state index contributed by atoms with van der Waals surface area (Å²) >= 11 is 0. The van der Waals surface area contributed by atoms with Gasteiger partial charge in [-0.25, -0.2) is 0 Å². The van der Waals surface area contributed by atoms with E-state index in [1.165, 1.54) is 148 Å². The highest BCUT2D eigenvalue weighted by molar-refractivity contribution is 6.39. The van der Waals surface area contributed by atoms with Gasteiger partial charge in [-0.15, -0.1) is 0 Å². The van der Waals surface area contributed by atoms with Gasteiger partial charge in [0.1, 0.15) is 0 Å². The Labute approximate surface area is 409 Å². The summed E-state index contributed by atoms with van der Waals surface area (Å²) in [5, 5.41) is 12.8. The van der Waals surface area contributed by atoms with Crippen LogP contribution in [0.2, 0.25) is 0 Å². The summed E-state index contributed by atoms with van der Waals surface area (Å²) in [5.74, 6) is 0. The Morgan fingerprint density at radius 1 is 0.310 bits per heavy atom. The summed E-state index contributed by atoms with van der Waals surface area (Å²) in [5.41, 5.74) is 22.6. The number of para-hydroxylation sites is 4. The molecule has 11 aromatic carbocycles. The average molecular weight is 902 g/mol. The Balaban J connectivity index is 1.10. The SMILES string of the molecule is Cc1c(-c2ccccc2Cc2ccccc2)ccc2c1c1cccc3c4c(-c5ccccc5)c5c(c(-c6ccccc6)c4n2c13)c1cccc2c3c4c(ccc3n5c12)c1ccccc1n4-c1ccccc1. The highest BCUT2D eigenvalue weighted by Gasteiger charge is 2.32. The Hall–Kier alpha value is -9.18. The maximum absolute atomic E-state index is 2.64. The molecule has 0 N–H and O–H groups in total. The summed E-state index contributed by atoms with van der Waals surface area (Å²) in [7, 11) is 0. The molecule has 3 heteroatoms. The van der Waals surface area contributed by atoms with Crippen molar-refractivity contribution in [1.82, 2.24) is 13.4 Å². The molecule has 0 aliphatic heterocycles. The maximum atomic E-state index is 2.64. The van der Waals surface area contributed by atoms with Crippen molar-refractivity contribution in [2.24, 2.45) is 0 Å². The first kappa shape index (κ1) is 38.8. The van der Waals surface area contributed by atoms with Crippen LogP contribution in [0.25, 0.3) is 137 Å². The van der Waals surface area contributed by atoms with E-state index < -0.39 is 0 Å². The van der Waals surface area contributed by atoms with Crippen LogP contribution in [-0.4, -0.2) is 13.4 Å². The number of hydrogen-bond acceptors (Lipinski definition) is 0. The molecular weight excluding hydrogens is 859 g/mol. The number of aromatic nitrogens is 3. The van der Waals surface area contributed by atoms with Crippen molar-refractivity contribution < 1.29 is 0 Å². The number of fused-ring (bicyclic) bond motifs is 16. The van der Waals surface area contributed by atoms with Gasteiger partial charge in [-0.1, -0.05) is 200 Å². The zero-order valence-electron chi connectivity index (χ0n) is 39.0. The molecule has 5 aromatic heterocycles. The molecule has 0 atom stereocenters. The quantitative estimate of drug-likeness (QED) is 0.158. The summed E-state index contributed by atoms with van der Waals surface area (Å²) in [6.07, 6.45) is 0.883. The third kappa shape index (κ3) is 5.12. The second-order valence-electron chi connectivity index (χ2n) is 19.5. The number of aryl methyl sites for hydroxylation is 1. The van der Waals surface area contributed by atoms with Crippen LogP contribution in [-0.2, 0) is 6.42 Å². The fraction of sp³-hybridized carbons (Fsp3) is 0.0294. The van der Waals surface area contributed by atoms with Crippen LogP contribution in [0, 0.1) is 6.92 Å². The predicted octanol–water partition coefficient (Wildman–Crippen LogP) is 18.0. The highest BCUT2D eigenvalue weighted by atomic mass is 15.0. The van der Waals surface area contributed by atoms with Gasteiger partial charge in [0.15, 0.2) is 0 Å². The van der Waals surface area contributed by atoms with Gasteiger partial charge in [0, 0.05) is 70.7 Å². The zero-order valence-corrected chi connectivity index (χ0v) is 39.0. The van der Waals surface area contributed by atoms with Crippen LogP contribution in [0.15, 0.2) is 231 Å². The van der Waals surface area contributed by atoms with Crippen LogP contribution < -0.4 is 0 Å². The fourth-order valence-electron chi connectivity index (χ4n) is 13.2. The number of benzene rings is 11. The Morgan fingerprint density at radius 3 is 1.45 bits per heavy atom. The van der Waals surface area contributed by atoms with Crippen molar-refractivity contribution in [1.29, 1.82) is 0 Å². The molecule has 0 unspecified atom stereocenters. The normalized spacial score (nSPS) is 12.4. The molecule has 3 nitrogen and oxygen atoms in total. The standard InChI is InChI=1S/C68H43N3/c1-41-47(48-29-15-14-26-45(48)40-42-20-6-2-7-21-42)36-38-56-58(41)51-31-18-33-53-62-60(44-24-10-4-11-25-44)68-63(59(43-22-8-3-9-23-43)67(62)70(56)64(51)53)54-34-19-32-52-61-57(71(68)65(52)54)39-37-50-49-30-16-17-35-55(49)69(66(50)61)46-27-12-5-13-28-46/h2-39H,40H2,1H3. The smallest absolute Gasteiger partial charge is 0.0641 e. The molecule has 0 saturated heterocycles. The van der Waals surface area contributed by atoms with Crippen LogP contribution >= 0.6 is 0 Å². The molecule has 16 aromatic rings. The lowest BCUT2D eigenvalue weighted by Gasteiger charge is -2.17. The average Bonchev–Trinajstić information content (AvgIpc) is 4.23. The Morgan fingerprint density at radius 2 is 0.803 bits per heavy atom. The summed E-state index contributed by atoms with van der Waals surface area (Å²) in [6.45, 7) is 2.35.